The van der Waals surface area contributed by atoms with Crippen LogP contribution in [-0.2, 0) is 23.0 Å². The maximum Gasteiger partial charge on any atom is 0.261 e. The molecule has 182 valence electrons. The highest BCUT2D eigenvalue weighted by atomic mass is 32.2. The molecule has 1 fully saturated rings. The normalized spacial score (nSPS) is 19.0. The van der Waals surface area contributed by atoms with Gasteiger partial charge in [0.25, 0.3) is 16.0 Å². The number of hydrogen-bond donors (Lipinski definition) is 2. The number of ether oxygens (including phenoxy) is 2. The van der Waals surface area contributed by atoms with E-state index in [4.69, 9.17) is 19.8 Å². The van der Waals surface area contributed by atoms with Gasteiger partial charge in [-0.05, 0) is 38.4 Å². The molecule has 0 saturated carbocycles. The van der Waals surface area contributed by atoms with E-state index < -0.39 is 16.0 Å². The van der Waals surface area contributed by atoms with E-state index in [2.05, 4.69) is 28.0 Å². The molecular weight excluding hydrogens is 460 g/mol. The number of nitrogens with two attached hydrogens (primary N) is 1. The molecule has 10 nitrogen and oxygen atoms in total. The minimum Gasteiger partial charge on any atom is -0.488 e. The molecule has 1 aromatic carbocycles. The number of carbonyl (C=O) groups is 1. The lowest BCUT2D eigenvalue weighted by atomic mass is 9.94. The number of nitrogens with zero attached hydrogens (tertiary/aromatic N) is 3. The second-order valence-electron chi connectivity index (χ2n) is 8.67. The van der Waals surface area contributed by atoms with E-state index in [1.165, 1.54) is 0 Å². The van der Waals surface area contributed by atoms with Crippen LogP contribution in [-0.4, -0.2) is 74.1 Å². The van der Waals surface area contributed by atoms with Gasteiger partial charge >= 0.3 is 0 Å². The fourth-order valence-corrected chi connectivity index (χ4v) is 4.41. The zero-order valence-electron chi connectivity index (χ0n) is 19.2. The lowest BCUT2D eigenvalue weighted by Crippen LogP contribution is -2.24. The molecule has 1 saturated heterocycles. The number of likely N-dealkylation sites (tertiary alicyclic amines) is 1. The van der Waals surface area contributed by atoms with Crippen molar-refractivity contribution in [1.29, 1.82) is 0 Å². The topological polar surface area (TPSA) is 144 Å². The Morgan fingerprint density at radius 3 is 2.79 bits per heavy atom. The Balaban J connectivity index is 0.000000499. The molecule has 2 aromatic rings. The monoisotopic (exact) mass is 488 g/mol. The van der Waals surface area contributed by atoms with Crippen molar-refractivity contribution < 1.29 is 27.2 Å². The van der Waals surface area contributed by atoms with Gasteiger partial charge in [-0.3, -0.25) is 14.3 Å². The number of carbonyl (C=O) groups excluding carboxylic acids is 1. The molecule has 1 amide bonds. The molecule has 0 aliphatic carbocycles. The number of rotatable bonds is 4. The van der Waals surface area contributed by atoms with Gasteiger partial charge < -0.3 is 20.1 Å². The number of primary amides is 1. The van der Waals surface area contributed by atoms with Gasteiger partial charge in [-0.2, -0.15) is 8.42 Å². The summed E-state index contributed by atoms with van der Waals surface area (Å²) in [6.07, 6.45) is 7.82. The van der Waals surface area contributed by atoms with Crippen molar-refractivity contribution >= 4 is 27.9 Å². The van der Waals surface area contributed by atoms with Crippen LogP contribution in [0.15, 0.2) is 23.3 Å². The number of benzene rings is 1. The Kier molecular flexibility index (Phi) is 6.87. The zero-order valence-corrected chi connectivity index (χ0v) is 20.0. The van der Waals surface area contributed by atoms with Crippen LogP contribution in [0, 0.1) is 0 Å². The summed E-state index contributed by atoms with van der Waals surface area (Å²) in [5.41, 5.74) is 10.8. The number of aliphatic imine (C=N–C) groups is 1. The van der Waals surface area contributed by atoms with Crippen molar-refractivity contribution in [2.75, 3.05) is 33.0 Å². The van der Waals surface area contributed by atoms with Gasteiger partial charge in [0.15, 0.2) is 0 Å². The van der Waals surface area contributed by atoms with Crippen LogP contribution < -0.4 is 15.2 Å². The minimum atomic E-state index is -3.67. The third-order valence-corrected chi connectivity index (χ3v) is 5.83. The first-order chi connectivity index (χ1) is 16.1. The maximum atomic E-state index is 12.3. The summed E-state index contributed by atoms with van der Waals surface area (Å²) < 4.78 is 37.8. The zero-order chi connectivity index (χ0) is 24.5. The third kappa shape index (κ3) is 5.54. The number of fused-ring (bicyclic) bond motifs is 2. The number of pyridine rings is 1. The fraction of sp³-hybridized carbons (Fsp3) is 0.435. The summed E-state index contributed by atoms with van der Waals surface area (Å²) in [7, 11) is -1.60. The number of likely N-dealkylation sites (N-methyl/N-ethyl adjacent to an activating group) is 1. The van der Waals surface area contributed by atoms with Crippen LogP contribution >= 0.6 is 0 Å². The van der Waals surface area contributed by atoms with E-state index in [1.807, 2.05) is 18.5 Å². The Hall–Kier alpha value is -3.02. The van der Waals surface area contributed by atoms with Gasteiger partial charge in [0.1, 0.15) is 11.9 Å². The first-order valence-electron chi connectivity index (χ1n) is 11.0. The van der Waals surface area contributed by atoms with Crippen molar-refractivity contribution in [2.45, 2.75) is 31.8 Å². The fourth-order valence-electron chi connectivity index (χ4n) is 4.41. The molecule has 4 heterocycles. The molecule has 0 radical (unpaired) electrons. The minimum absolute atomic E-state index is 0.0429. The van der Waals surface area contributed by atoms with Crippen molar-refractivity contribution in [2.24, 2.45) is 10.7 Å². The standard InChI is InChI=1S/C22H24N4O3.CH4O3S/c1-26-7-5-15(12-26)29-18-10-17(20-16(4-6-24-20)19(18)21(23)27)14-9-13-3-2-8-28-22(13)25-11-14;1-5(2,3)4/h6,9-11,15H,2-5,7-8,12H2,1H3,(H2,23,27);1H3,(H,2,3,4). The first kappa shape index (κ1) is 24.1. The SMILES string of the molecule is CN1CCC(Oc2cc(-c3cnc4c(c3)CCCO4)c3c(c2C(N)=O)CC=N3)C1.CS(=O)(=O)O. The lowest BCUT2D eigenvalue weighted by Gasteiger charge is -2.21. The Morgan fingerprint density at radius 1 is 1.35 bits per heavy atom. The average molecular weight is 489 g/mol. The predicted molar refractivity (Wildman–Crippen MR) is 128 cm³/mol. The smallest absolute Gasteiger partial charge is 0.261 e. The van der Waals surface area contributed by atoms with Crippen LogP contribution in [0.25, 0.3) is 11.1 Å². The quantitative estimate of drug-likeness (QED) is 0.622. The Labute approximate surface area is 198 Å². The first-order valence-corrected chi connectivity index (χ1v) is 12.9. The molecule has 1 unspecified atom stereocenters. The molecule has 0 bridgehead atoms. The second kappa shape index (κ2) is 9.69. The summed E-state index contributed by atoms with van der Waals surface area (Å²) in [6, 6.07) is 4.02. The van der Waals surface area contributed by atoms with Crippen molar-refractivity contribution in [1.82, 2.24) is 9.88 Å². The van der Waals surface area contributed by atoms with Crippen molar-refractivity contribution in [3.63, 3.8) is 0 Å². The van der Waals surface area contributed by atoms with Gasteiger partial charge in [-0.1, -0.05) is 0 Å². The van der Waals surface area contributed by atoms with Crippen LogP contribution in [0.3, 0.4) is 0 Å². The summed E-state index contributed by atoms with van der Waals surface area (Å²) in [5.74, 6) is 0.780. The Bertz CT molecular complexity index is 1240. The van der Waals surface area contributed by atoms with Gasteiger partial charge in [0, 0.05) is 54.2 Å². The van der Waals surface area contributed by atoms with E-state index in [-0.39, 0.29) is 6.10 Å². The number of aromatic nitrogens is 1. The summed E-state index contributed by atoms with van der Waals surface area (Å²) >= 11 is 0. The number of amides is 1. The van der Waals surface area contributed by atoms with E-state index >= 15 is 0 Å². The molecule has 34 heavy (non-hydrogen) atoms. The number of aryl methyl sites for hydroxylation is 1. The van der Waals surface area contributed by atoms with E-state index in [9.17, 15) is 13.2 Å². The highest BCUT2D eigenvalue weighted by Gasteiger charge is 2.28. The molecule has 1 aromatic heterocycles. The molecule has 3 N–H and O–H groups in total. The second-order valence-corrected chi connectivity index (χ2v) is 10.1. The van der Waals surface area contributed by atoms with Crippen molar-refractivity contribution in [3.8, 4) is 22.8 Å². The van der Waals surface area contributed by atoms with E-state index in [0.717, 1.165) is 60.3 Å². The van der Waals surface area contributed by atoms with Gasteiger partial charge in [-0.15, -0.1) is 0 Å². The molecular formula is C23H28N4O6S. The highest BCUT2D eigenvalue weighted by molar-refractivity contribution is 7.85. The summed E-state index contributed by atoms with van der Waals surface area (Å²) in [4.78, 5) is 23.6. The summed E-state index contributed by atoms with van der Waals surface area (Å²) in [6.45, 7) is 2.52. The summed E-state index contributed by atoms with van der Waals surface area (Å²) in [5, 5.41) is 0. The molecule has 3 aliphatic rings. The third-order valence-electron chi connectivity index (χ3n) is 5.83. The largest absolute Gasteiger partial charge is 0.488 e. The van der Waals surface area contributed by atoms with E-state index in [1.54, 1.807) is 0 Å². The molecule has 11 heteroatoms. The van der Waals surface area contributed by atoms with Crippen molar-refractivity contribution in [3.05, 3.63) is 35.0 Å². The van der Waals surface area contributed by atoms with Crippen LogP contribution in [0.1, 0.15) is 34.3 Å². The van der Waals surface area contributed by atoms with Gasteiger partial charge in [-0.25, -0.2) is 4.98 Å². The average Bonchev–Trinajstić information content (AvgIpc) is 3.40. The Morgan fingerprint density at radius 2 is 2.12 bits per heavy atom. The van der Waals surface area contributed by atoms with E-state index in [0.29, 0.717) is 36.5 Å². The molecule has 3 aliphatic heterocycles. The maximum absolute atomic E-state index is 12.3. The van der Waals surface area contributed by atoms with Crippen LogP contribution in [0.5, 0.6) is 11.6 Å². The predicted octanol–water partition coefficient (Wildman–Crippen LogP) is 2.02. The van der Waals surface area contributed by atoms with Crippen LogP contribution in [0.2, 0.25) is 0 Å². The highest BCUT2D eigenvalue weighted by Crippen LogP contribution is 2.44. The van der Waals surface area contributed by atoms with Crippen LogP contribution in [0.4, 0.5) is 5.69 Å². The molecule has 5 rings (SSSR count). The van der Waals surface area contributed by atoms with Gasteiger partial charge in [0.05, 0.1) is 24.1 Å². The molecule has 0 spiro atoms. The number of hydrogen-bond acceptors (Lipinski definition) is 8. The molecule has 1 atom stereocenters. The van der Waals surface area contributed by atoms with Gasteiger partial charge in [0.2, 0.25) is 5.88 Å². The lowest BCUT2D eigenvalue weighted by molar-refractivity contribution is 0.0992.